The van der Waals surface area contributed by atoms with E-state index in [0.29, 0.717) is 5.56 Å². The maximum atomic E-state index is 12.3. The molecule has 0 atom stereocenters. The van der Waals surface area contributed by atoms with Crippen LogP contribution < -0.4 is 0 Å². The topological polar surface area (TPSA) is 33.2 Å². The van der Waals surface area contributed by atoms with E-state index in [0.717, 1.165) is 36.8 Å². The largest absolute Gasteiger partial charge is 0.339 e. The van der Waals surface area contributed by atoms with E-state index in [4.69, 9.17) is 0 Å². The van der Waals surface area contributed by atoms with Gasteiger partial charge in [-0.3, -0.25) is 9.78 Å². The van der Waals surface area contributed by atoms with Gasteiger partial charge in [0.2, 0.25) is 0 Å². The molecule has 0 radical (unpaired) electrons. The molecular weight excluding hydrogens is 224 g/mol. The van der Waals surface area contributed by atoms with Gasteiger partial charge in [-0.2, -0.15) is 0 Å². The predicted molar refractivity (Wildman–Crippen MR) is 71.5 cm³/mol. The van der Waals surface area contributed by atoms with Crippen LogP contribution in [0.15, 0.2) is 36.5 Å². The summed E-state index contributed by atoms with van der Waals surface area (Å²) in [5.41, 5.74) is 1.64. The molecule has 1 aliphatic heterocycles. The lowest BCUT2D eigenvalue weighted by Crippen LogP contribution is -2.35. The van der Waals surface area contributed by atoms with E-state index in [-0.39, 0.29) is 5.91 Å². The molecule has 0 spiro atoms. The first-order chi connectivity index (χ1) is 8.84. The molecule has 0 N–H and O–H groups in total. The molecule has 1 aromatic carbocycles. The van der Waals surface area contributed by atoms with Gasteiger partial charge in [-0.05, 0) is 31.4 Å². The molecule has 92 valence electrons. The quantitative estimate of drug-likeness (QED) is 0.768. The minimum Gasteiger partial charge on any atom is -0.339 e. The highest BCUT2D eigenvalue weighted by molar-refractivity contribution is 5.97. The maximum absolute atomic E-state index is 12.3. The second kappa shape index (κ2) is 4.77. The van der Waals surface area contributed by atoms with E-state index < -0.39 is 0 Å². The summed E-state index contributed by atoms with van der Waals surface area (Å²) in [7, 11) is 0. The lowest BCUT2D eigenvalue weighted by molar-refractivity contribution is 0.0724. The second-order valence-corrected chi connectivity index (χ2v) is 4.77. The normalized spacial score (nSPS) is 15.9. The Balaban J connectivity index is 1.91. The van der Waals surface area contributed by atoms with E-state index in [1.807, 2.05) is 35.2 Å². The molecule has 0 saturated carbocycles. The van der Waals surface area contributed by atoms with Gasteiger partial charge in [0.05, 0.1) is 11.1 Å². The fraction of sp³-hybridized carbons (Fsp3) is 0.333. The third kappa shape index (κ3) is 2.08. The summed E-state index contributed by atoms with van der Waals surface area (Å²) in [4.78, 5) is 18.6. The van der Waals surface area contributed by atoms with Crippen LogP contribution in [-0.2, 0) is 0 Å². The number of likely N-dealkylation sites (tertiary alicyclic amines) is 1. The lowest BCUT2D eigenvalue weighted by Gasteiger charge is -2.26. The molecule has 2 aromatic rings. The Labute approximate surface area is 106 Å². The van der Waals surface area contributed by atoms with E-state index in [1.165, 1.54) is 6.42 Å². The number of aromatic nitrogens is 1. The molecule has 1 fully saturated rings. The van der Waals surface area contributed by atoms with Crippen LogP contribution in [0.4, 0.5) is 0 Å². The molecule has 0 bridgehead atoms. The summed E-state index contributed by atoms with van der Waals surface area (Å²) in [6.07, 6.45) is 5.17. The van der Waals surface area contributed by atoms with Crippen molar-refractivity contribution in [2.24, 2.45) is 0 Å². The summed E-state index contributed by atoms with van der Waals surface area (Å²) < 4.78 is 0. The lowest BCUT2D eigenvalue weighted by atomic mass is 10.1. The van der Waals surface area contributed by atoms with Crippen LogP contribution >= 0.6 is 0 Å². The molecule has 1 saturated heterocycles. The Morgan fingerprint density at radius 2 is 1.89 bits per heavy atom. The molecule has 18 heavy (non-hydrogen) atoms. The van der Waals surface area contributed by atoms with Crippen molar-refractivity contribution in [2.75, 3.05) is 13.1 Å². The van der Waals surface area contributed by atoms with Crippen molar-refractivity contribution in [2.45, 2.75) is 19.3 Å². The van der Waals surface area contributed by atoms with Crippen LogP contribution in [0.25, 0.3) is 10.9 Å². The van der Waals surface area contributed by atoms with Gasteiger partial charge >= 0.3 is 0 Å². The molecule has 1 amide bonds. The van der Waals surface area contributed by atoms with Crippen molar-refractivity contribution < 1.29 is 4.79 Å². The van der Waals surface area contributed by atoms with Gasteiger partial charge in [0.25, 0.3) is 5.91 Å². The number of rotatable bonds is 1. The predicted octanol–water partition coefficient (Wildman–Crippen LogP) is 2.86. The van der Waals surface area contributed by atoms with Crippen molar-refractivity contribution in [1.82, 2.24) is 9.88 Å². The van der Waals surface area contributed by atoms with Gasteiger partial charge < -0.3 is 4.90 Å². The van der Waals surface area contributed by atoms with Crippen LogP contribution in [0.2, 0.25) is 0 Å². The van der Waals surface area contributed by atoms with Gasteiger partial charge in [0.1, 0.15) is 0 Å². The molecule has 3 heteroatoms. The standard InChI is InChI=1S/C15H16N2O/c18-15(17-8-4-1-5-9-17)13-10-12-6-2-3-7-14(12)16-11-13/h2-3,6-7,10-11H,1,4-5,8-9H2. The molecule has 3 rings (SSSR count). The average Bonchev–Trinajstić information content (AvgIpc) is 2.47. The van der Waals surface area contributed by atoms with Crippen molar-refractivity contribution in [1.29, 1.82) is 0 Å². The Morgan fingerprint density at radius 1 is 1.11 bits per heavy atom. The van der Waals surface area contributed by atoms with E-state index in [1.54, 1.807) is 6.20 Å². The number of carbonyl (C=O) groups is 1. The SMILES string of the molecule is O=C(c1cnc2ccccc2c1)N1CCCCC1. The molecule has 3 nitrogen and oxygen atoms in total. The third-order valence-electron chi connectivity index (χ3n) is 3.48. The highest BCUT2D eigenvalue weighted by atomic mass is 16.2. The van der Waals surface area contributed by atoms with Crippen molar-refractivity contribution >= 4 is 16.8 Å². The zero-order chi connectivity index (χ0) is 12.4. The monoisotopic (exact) mass is 240 g/mol. The average molecular weight is 240 g/mol. The number of benzene rings is 1. The summed E-state index contributed by atoms with van der Waals surface area (Å²) >= 11 is 0. The summed E-state index contributed by atoms with van der Waals surface area (Å²) in [6.45, 7) is 1.76. The second-order valence-electron chi connectivity index (χ2n) is 4.77. The van der Waals surface area contributed by atoms with Crippen LogP contribution in [-0.4, -0.2) is 28.9 Å². The number of hydrogen-bond donors (Lipinski definition) is 0. The number of nitrogens with zero attached hydrogens (tertiary/aromatic N) is 2. The molecule has 0 aliphatic carbocycles. The molecule has 0 unspecified atom stereocenters. The summed E-state index contributed by atoms with van der Waals surface area (Å²) in [6, 6.07) is 9.83. The van der Waals surface area contributed by atoms with Gasteiger partial charge in [-0.1, -0.05) is 18.2 Å². The van der Waals surface area contributed by atoms with Gasteiger partial charge in [-0.15, -0.1) is 0 Å². The van der Waals surface area contributed by atoms with E-state index in [2.05, 4.69) is 4.98 Å². The van der Waals surface area contributed by atoms with Crippen molar-refractivity contribution in [3.8, 4) is 0 Å². The highest BCUT2D eigenvalue weighted by Crippen LogP contribution is 2.16. The van der Waals surface area contributed by atoms with Crippen LogP contribution in [0.1, 0.15) is 29.6 Å². The minimum absolute atomic E-state index is 0.118. The first-order valence-corrected chi connectivity index (χ1v) is 6.49. The molecule has 2 heterocycles. The number of pyridine rings is 1. The van der Waals surface area contributed by atoms with Gasteiger partial charge in [-0.25, -0.2) is 0 Å². The van der Waals surface area contributed by atoms with Crippen LogP contribution in [0, 0.1) is 0 Å². The van der Waals surface area contributed by atoms with Crippen LogP contribution in [0.3, 0.4) is 0 Å². The number of carbonyl (C=O) groups excluding carboxylic acids is 1. The number of para-hydroxylation sites is 1. The summed E-state index contributed by atoms with van der Waals surface area (Å²) in [5.74, 6) is 0.118. The fourth-order valence-electron chi connectivity index (χ4n) is 2.47. The third-order valence-corrected chi connectivity index (χ3v) is 3.48. The highest BCUT2D eigenvalue weighted by Gasteiger charge is 2.18. The van der Waals surface area contributed by atoms with Gasteiger partial charge in [0.15, 0.2) is 0 Å². The Hall–Kier alpha value is -1.90. The molecular formula is C15H16N2O. The first kappa shape index (κ1) is 11.2. The summed E-state index contributed by atoms with van der Waals surface area (Å²) in [5, 5.41) is 1.03. The zero-order valence-electron chi connectivity index (χ0n) is 10.3. The first-order valence-electron chi connectivity index (χ1n) is 6.49. The van der Waals surface area contributed by atoms with E-state index in [9.17, 15) is 4.79 Å². The molecule has 1 aromatic heterocycles. The Bertz CT molecular complexity index is 573. The Morgan fingerprint density at radius 3 is 2.72 bits per heavy atom. The zero-order valence-corrected chi connectivity index (χ0v) is 10.3. The Kier molecular flexibility index (Phi) is 2.97. The van der Waals surface area contributed by atoms with Crippen molar-refractivity contribution in [3.63, 3.8) is 0 Å². The van der Waals surface area contributed by atoms with Crippen LogP contribution in [0.5, 0.6) is 0 Å². The smallest absolute Gasteiger partial charge is 0.255 e. The van der Waals surface area contributed by atoms with Crippen molar-refractivity contribution in [3.05, 3.63) is 42.1 Å². The fourth-order valence-corrected chi connectivity index (χ4v) is 2.47. The van der Waals surface area contributed by atoms with Gasteiger partial charge in [0, 0.05) is 24.7 Å². The van der Waals surface area contributed by atoms with E-state index >= 15 is 0 Å². The number of hydrogen-bond acceptors (Lipinski definition) is 2. The number of amides is 1. The number of fused-ring (bicyclic) bond motifs is 1. The number of piperidine rings is 1. The minimum atomic E-state index is 0.118. The molecule has 1 aliphatic rings. The maximum Gasteiger partial charge on any atom is 0.255 e.